The van der Waals surface area contributed by atoms with Gasteiger partial charge in [-0.3, -0.25) is 0 Å². The van der Waals surface area contributed by atoms with Crippen LogP contribution >= 0.6 is 0 Å². The van der Waals surface area contributed by atoms with Gasteiger partial charge < -0.3 is 19.7 Å². The number of alkyl carbamates (subject to hydrolysis) is 1. The summed E-state index contributed by atoms with van der Waals surface area (Å²) in [6, 6.07) is 9.70. The van der Waals surface area contributed by atoms with Crippen LogP contribution in [0.15, 0.2) is 30.3 Å². The minimum atomic E-state index is -0.322. The smallest absolute Gasteiger partial charge is 0.410 e. The monoisotopic (exact) mass is 346 g/mol. The molecule has 1 heterocycles. The highest BCUT2D eigenvalue weighted by Crippen LogP contribution is 2.21. The number of amides is 2. The van der Waals surface area contributed by atoms with E-state index >= 15 is 0 Å². The van der Waals surface area contributed by atoms with Crippen LogP contribution in [0.1, 0.15) is 44.1 Å². The fourth-order valence-corrected chi connectivity index (χ4v) is 3.38. The summed E-state index contributed by atoms with van der Waals surface area (Å²) < 4.78 is 10.8. The van der Waals surface area contributed by atoms with E-state index in [0.29, 0.717) is 13.1 Å². The number of nitrogens with one attached hydrogen (secondary N) is 1. The third kappa shape index (κ3) is 5.37. The van der Waals surface area contributed by atoms with Crippen molar-refractivity contribution in [3.63, 3.8) is 0 Å². The van der Waals surface area contributed by atoms with Crippen molar-refractivity contribution in [2.45, 2.75) is 57.3 Å². The predicted octanol–water partition coefficient (Wildman–Crippen LogP) is 3.46. The Labute approximate surface area is 148 Å². The van der Waals surface area contributed by atoms with E-state index in [4.69, 9.17) is 9.47 Å². The Balaban J connectivity index is 1.34. The van der Waals surface area contributed by atoms with E-state index in [1.807, 2.05) is 30.3 Å². The molecule has 3 rings (SSSR count). The first-order valence-electron chi connectivity index (χ1n) is 9.13. The van der Waals surface area contributed by atoms with Gasteiger partial charge in [0, 0.05) is 19.1 Å². The Kier molecular flexibility index (Phi) is 6.14. The number of nitrogens with zero attached hydrogens (tertiary/aromatic N) is 1. The summed E-state index contributed by atoms with van der Waals surface area (Å²) in [5.74, 6) is 0. The fourth-order valence-electron chi connectivity index (χ4n) is 3.38. The van der Waals surface area contributed by atoms with E-state index in [1.54, 1.807) is 4.90 Å². The van der Waals surface area contributed by atoms with Gasteiger partial charge in [-0.15, -0.1) is 0 Å². The Morgan fingerprint density at radius 1 is 1.04 bits per heavy atom. The molecule has 0 radical (unpaired) electrons. The maximum Gasteiger partial charge on any atom is 0.410 e. The maximum absolute atomic E-state index is 12.1. The zero-order valence-corrected chi connectivity index (χ0v) is 14.5. The van der Waals surface area contributed by atoms with E-state index in [2.05, 4.69) is 5.32 Å². The van der Waals surface area contributed by atoms with Gasteiger partial charge in [0.2, 0.25) is 0 Å². The molecule has 1 aromatic carbocycles. The Hall–Kier alpha value is -2.24. The molecule has 1 saturated carbocycles. The number of rotatable bonds is 4. The summed E-state index contributed by atoms with van der Waals surface area (Å²) in [6.07, 6.45) is 5.13. The second-order valence-electron chi connectivity index (χ2n) is 6.76. The van der Waals surface area contributed by atoms with Gasteiger partial charge in [-0.1, -0.05) is 30.3 Å². The molecule has 0 aromatic heterocycles. The molecule has 0 spiro atoms. The van der Waals surface area contributed by atoms with E-state index < -0.39 is 0 Å². The van der Waals surface area contributed by atoms with Gasteiger partial charge in [0.05, 0.1) is 0 Å². The van der Waals surface area contributed by atoms with Crippen molar-refractivity contribution < 1.29 is 19.1 Å². The number of hydrogen-bond acceptors (Lipinski definition) is 4. The molecular formula is C19H26N2O4. The second-order valence-corrected chi connectivity index (χ2v) is 6.76. The molecule has 0 atom stereocenters. The molecule has 0 bridgehead atoms. The van der Waals surface area contributed by atoms with Crippen molar-refractivity contribution >= 4 is 12.2 Å². The summed E-state index contributed by atoms with van der Waals surface area (Å²) in [7, 11) is 0. The molecule has 1 aliphatic carbocycles. The van der Waals surface area contributed by atoms with Gasteiger partial charge in [-0.25, -0.2) is 9.59 Å². The van der Waals surface area contributed by atoms with Crippen LogP contribution in [-0.2, 0) is 16.1 Å². The van der Waals surface area contributed by atoms with Crippen molar-refractivity contribution in [1.29, 1.82) is 0 Å². The number of ether oxygens (including phenoxy) is 2. The number of piperidine rings is 1. The summed E-state index contributed by atoms with van der Waals surface area (Å²) in [4.78, 5) is 25.7. The number of hydrogen-bond donors (Lipinski definition) is 1. The summed E-state index contributed by atoms with van der Waals surface area (Å²) in [5, 5.41) is 2.92. The van der Waals surface area contributed by atoms with Crippen LogP contribution in [0.4, 0.5) is 9.59 Å². The molecule has 136 valence electrons. The van der Waals surface area contributed by atoms with E-state index in [-0.39, 0.29) is 30.9 Å². The normalized spacial score (nSPS) is 18.8. The number of likely N-dealkylation sites (tertiary alicyclic amines) is 1. The lowest BCUT2D eigenvalue weighted by molar-refractivity contribution is 0.0790. The third-order valence-electron chi connectivity index (χ3n) is 4.86. The lowest BCUT2D eigenvalue weighted by atomic mass is 10.1. The Morgan fingerprint density at radius 3 is 2.40 bits per heavy atom. The van der Waals surface area contributed by atoms with Gasteiger partial charge >= 0.3 is 12.2 Å². The van der Waals surface area contributed by atoms with Crippen LogP contribution < -0.4 is 5.32 Å². The maximum atomic E-state index is 12.1. The quantitative estimate of drug-likeness (QED) is 0.906. The van der Waals surface area contributed by atoms with Crippen LogP contribution in [0.3, 0.4) is 0 Å². The van der Waals surface area contributed by atoms with E-state index in [9.17, 15) is 9.59 Å². The standard InChI is InChI=1S/C19H26N2O4/c22-18(25-17-8-4-5-9-17)20-16-10-12-21(13-11-16)19(23)24-14-15-6-2-1-3-7-15/h1-3,6-7,16-17H,4-5,8-14H2,(H,20,22). The van der Waals surface area contributed by atoms with Crippen LogP contribution in [0, 0.1) is 0 Å². The molecule has 6 nitrogen and oxygen atoms in total. The number of benzene rings is 1. The van der Waals surface area contributed by atoms with Crippen molar-refractivity contribution in [3.8, 4) is 0 Å². The number of carbonyl (C=O) groups is 2. The molecule has 0 unspecified atom stereocenters. The van der Waals surface area contributed by atoms with Gasteiger partial charge in [0.25, 0.3) is 0 Å². The van der Waals surface area contributed by atoms with Gasteiger partial charge in [-0.05, 0) is 44.1 Å². The van der Waals surface area contributed by atoms with Gasteiger partial charge in [0.15, 0.2) is 0 Å². The van der Waals surface area contributed by atoms with Crippen LogP contribution in [0.25, 0.3) is 0 Å². The highest BCUT2D eigenvalue weighted by Gasteiger charge is 2.26. The lowest BCUT2D eigenvalue weighted by Crippen LogP contribution is -2.47. The summed E-state index contributed by atoms with van der Waals surface area (Å²) >= 11 is 0. The molecule has 1 aliphatic heterocycles. The largest absolute Gasteiger partial charge is 0.446 e. The van der Waals surface area contributed by atoms with Crippen molar-refractivity contribution in [3.05, 3.63) is 35.9 Å². The SMILES string of the molecule is O=C(NC1CCN(C(=O)OCc2ccccc2)CC1)OC1CCCC1. The molecular weight excluding hydrogens is 320 g/mol. The predicted molar refractivity (Wildman–Crippen MR) is 93.1 cm³/mol. The fraction of sp³-hybridized carbons (Fsp3) is 0.579. The Morgan fingerprint density at radius 2 is 1.72 bits per heavy atom. The van der Waals surface area contributed by atoms with Crippen molar-refractivity contribution in [2.75, 3.05) is 13.1 Å². The van der Waals surface area contributed by atoms with Crippen LogP contribution in [-0.4, -0.2) is 42.3 Å². The van der Waals surface area contributed by atoms with Crippen molar-refractivity contribution in [2.24, 2.45) is 0 Å². The van der Waals surface area contributed by atoms with E-state index in [0.717, 1.165) is 44.1 Å². The topological polar surface area (TPSA) is 67.9 Å². The van der Waals surface area contributed by atoms with Crippen LogP contribution in [0.5, 0.6) is 0 Å². The zero-order chi connectivity index (χ0) is 17.5. The van der Waals surface area contributed by atoms with Gasteiger partial charge in [-0.2, -0.15) is 0 Å². The second kappa shape index (κ2) is 8.74. The lowest BCUT2D eigenvalue weighted by Gasteiger charge is -2.31. The number of carbonyl (C=O) groups excluding carboxylic acids is 2. The molecule has 1 N–H and O–H groups in total. The van der Waals surface area contributed by atoms with E-state index in [1.165, 1.54) is 0 Å². The highest BCUT2D eigenvalue weighted by atomic mass is 16.6. The first-order valence-corrected chi connectivity index (χ1v) is 9.13. The molecule has 1 aromatic rings. The molecule has 2 fully saturated rings. The average molecular weight is 346 g/mol. The van der Waals surface area contributed by atoms with Crippen molar-refractivity contribution in [1.82, 2.24) is 10.2 Å². The van der Waals surface area contributed by atoms with Crippen LogP contribution in [0.2, 0.25) is 0 Å². The van der Waals surface area contributed by atoms with Gasteiger partial charge in [0.1, 0.15) is 12.7 Å². The molecule has 6 heteroatoms. The molecule has 2 aliphatic rings. The average Bonchev–Trinajstić information content (AvgIpc) is 3.14. The minimum Gasteiger partial charge on any atom is -0.446 e. The first kappa shape index (κ1) is 17.6. The highest BCUT2D eigenvalue weighted by molar-refractivity contribution is 5.69. The third-order valence-corrected chi connectivity index (χ3v) is 4.86. The summed E-state index contributed by atoms with van der Waals surface area (Å²) in [5.41, 5.74) is 0.974. The Bertz CT molecular complexity index is 564. The minimum absolute atomic E-state index is 0.0621. The summed E-state index contributed by atoms with van der Waals surface area (Å²) in [6.45, 7) is 1.45. The molecule has 25 heavy (non-hydrogen) atoms. The first-order chi connectivity index (χ1) is 12.2. The zero-order valence-electron chi connectivity index (χ0n) is 14.5. The molecule has 1 saturated heterocycles. The molecule has 2 amide bonds.